The Morgan fingerprint density at radius 2 is 2.00 bits per heavy atom. The number of rotatable bonds is 7. The average Bonchev–Trinajstić information content (AvgIpc) is 2.72. The third kappa shape index (κ3) is 5.00. The summed E-state index contributed by atoms with van der Waals surface area (Å²) in [5, 5.41) is 15.6. The maximum atomic E-state index is 12.6. The molecule has 2 heterocycles. The van der Waals surface area contributed by atoms with Gasteiger partial charge in [0.25, 0.3) is 5.91 Å². The molecule has 1 unspecified atom stereocenters. The molecule has 0 spiro atoms. The Hall–Kier alpha value is -2.55. The highest BCUT2D eigenvalue weighted by Crippen LogP contribution is 2.16. The minimum absolute atomic E-state index is 0.405. The molecule has 0 aliphatic carbocycles. The van der Waals surface area contributed by atoms with E-state index in [0.717, 1.165) is 13.1 Å². The van der Waals surface area contributed by atoms with Gasteiger partial charge in [-0.05, 0) is 12.1 Å². The number of aliphatic hydroxyl groups excluding tert-OH is 1. The maximum Gasteiger partial charge on any atom is 0.252 e. The number of amides is 2. The molecule has 1 fully saturated rings. The minimum atomic E-state index is -1.01. The van der Waals surface area contributed by atoms with Crippen LogP contribution in [0.4, 0.5) is 0 Å². The van der Waals surface area contributed by atoms with Gasteiger partial charge in [-0.3, -0.25) is 19.5 Å². The lowest BCUT2D eigenvalue weighted by molar-refractivity contribution is -0.123. The van der Waals surface area contributed by atoms with E-state index in [4.69, 9.17) is 4.74 Å². The fourth-order valence-electron chi connectivity index (χ4n) is 3.01. The summed E-state index contributed by atoms with van der Waals surface area (Å²) in [7, 11) is 0. The molecule has 1 aliphatic rings. The van der Waals surface area contributed by atoms with E-state index >= 15 is 0 Å². The van der Waals surface area contributed by atoms with Crippen LogP contribution in [0.25, 0.3) is 10.9 Å². The highest BCUT2D eigenvalue weighted by Gasteiger charge is 2.21. The number of benzene rings is 1. The maximum absolute atomic E-state index is 12.6. The number of nitrogens with zero attached hydrogens (tertiary/aromatic N) is 2. The number of nitrogens with one attached hydrogen (secondary N) is 2. The number of morpholine rings is 1. The Morgan fingerprint density at radius 3 is 2.78 bits per heavy atom. The van der Waals surface area contributed by atoms with Crippen LogP contribution in [0.3, 0.4) is 0 Å². The molecule has 1 saturated heterocycles. The summed E-state index contributed by atoms with van der Waals surface area (Å²) >= 11 is 0. The van der Waals surface area contributed by atoms with E-state index in [-0.39, 0.29) is 0 Å². The van der Waals surface area contributed by atoms with Crippen molar-refractivity contribution in [2.45, 2.75) is 6.04 Å². The molecule has 3 rings (SSSR count). The number of aromatic nitrogens is 1. The molecular weight excluding hydrogens is 348 g/mol. The number of para-hydroxylation sites is 1. The molecule has 8 heteroatoms. The monoisotopic (exact) mass is 372 g/mol. The summed E-state index contributed by atoms with van der Waals surface area (Å²) in [6.45, 7) is 3.75. The van der Waals surface area contributed by atoms with Crippen molar-refractivity contribution < 1.29 is 19.4 Å². The zero-order valence-electron chi connectivity index (χ0n) is 15.1. The van der Waals surface area contributed by atoms with E-state index in [2.05, 4.69) is 20.5 Å². The first-order valence-corrected chi connectivity index (χ1v) is 9.02. The van der Waals surface area contributed by atoms with Crippen LogP contribution in [0.15, 0.2) is 36.5 Å². The van der Waals surface area contributed by atoms with Gasteiger partial charge in [0.2, 0.25) is 5.91 Å². The second-order valence-electron chi connectivity index (χ2n) is 6.33. The normalized spacial score (nSPS) is 16.0. The lowest BCUT2D eigenvalue weighted by Gasteiger charge is -2.26. The van der Waals surface area contributed by atoms with Gasteiger partial charge in [-0.15, -0.1) is 0 Å². The zero-order chi connectivity index (χ0) is 19.1. The van der Waals surface area contributed by atoms with Crippen LogP contribution in [0, 0.1) is 0 Å². The minimum Gasteiger partial charge on any atom is -0.394 e. The number of aliphatic hydroxyl groups is 1. The Kier molecular flexibility index (Phi) is 6.69. The van der Waals surface area contributed by atoms with Gasteiger partial charge in [-0.25, -0.2) is 0 Å². The van der Waals surface area contributed by atoms with Gasteiger partial charge in [0.15, 0.2) is 0 Å². The van der Waals surface area contributed by atoms with Crippen LogP contribution < -0.4 is 10.6 Å². The van der Waals surface area contributed by atoms with Crippen LogP contribution in [-0.2, 0) is 9.53 Å². The van der Waals surface area contributed by atoms with E-state index in [1.807, 2.05) is 18.2 Å². The molecule has 1 aromatic carbocycles. The summed E-state index contributed by atoms with van der Waals surface area (Å²) in [6, 6.07) is 7.87. The number of carbonyl (C=O) groups excluding carboxylic acids is 2. The summed E-state index contributed by atoms with van der Waals surface area (Å²) < 4.78 is 5.29. The van der Waals surface area contributed by atoms with E-state index in [1.54, 1.807) is 18.3 Å². The van der Waals surface area contributed by atoms with Crippen LogP contribution in [0.2, 0.25) is 0 Å². The molecule has 1 aliphatic heterocycles. The number of ether oxygens (including phenoxy) is 1. The Bertz CT molecular complexity index is 787. The SMILES string of the molecule is O=C(NC(CO)C(=O)NCCN1CCOCC1)c1ccnc2ccccc12. The van der Waals surface area contributed by atoms with Crippen molar-refractivity contribution in [2.24, 2.45) is 0 Å². The number of pyridine rings is 1. The van der Waals surface area contributed by atoms with E-state index < -0.39 is 24.5 Å². The Balaban J connectivity index is 1.56. The van der Waals surface area contributed by atoms with Gasteiger partial charge in [0, 0.05) is 37.8 Å². The van der Waals surface area contributed by atoms with E-state index in [9.17, 15) is 14.7 Å². The lowest BCUT2D eigenvalue weighted by Crippen LogP contribution is -2.50. The van der Waals surface area contributed by atoms with Crippen LogP contribution in [0.5, 0.6) is 0 Å². The Morgan fingerprint density at radius 1 is 1.22 bits per heavy atom. The molecule has 0 radical (unpaired) electrons. The molecule has 144 valence electrons. The summed E-state index contributed by atoms with van der Waals surface area (Å²) in [5.74, 6) is -0.826. The molecule has 1 atom stereocenters. The fourth-order valence-corrected chi connectivity index (χ4v) is 3.01. The highest BCUT2D eigenvalue weighted by atomic mass is 16.5. The number of fused-ring (bicyclic) bond motifs is 1. The first-order valence-electron chi connectivity index (χ1n) is 9.02. The van der Waals surface area contributed by atoms with Gasteiger partial charge in [-0.1, -0.05) is 18.2 Å². The number of carbonyl (C=O) groups is 2. The quantitative estimate of drug-likeness (QED) is 0.621. The van der Waals surface area contributed by atoms with Crippen molar-refractivity contribution in [1.29, 1.82) is 0 Å². The topological polar surface area (TPSA) is 104 Å². The summed E-state index contributed by atoms with van der Waals surface area (Å²) in [4.78, 5) is 31.3. The standard InChI is InChI=1S/C19H24N4O4/c24-13-17(19(26)21-7-8-23-9-11-27-12-10-23)22-18(25)15-5-6-20-16-4-2-1-3-14(15)16/h1-6,17,24H,7-13H2,(H,21,26)(H,22,25). The first-order chi connectivity index (χ1) is 13.2. The van der Waals surface area contributed by atoms with Crippen molar-refractivity contribution in [3.8, 4) is 0 Å². The third-order valence-corrected chi connectivity index (χ3v) is 4.53. The van der Waals surface area contributed by atoms with Crippen molar-refractivity contribution in [2.75, 3.05) is 46.0 Å². The molecule has 2 amide bonds. The predicted molar refractivity (Wildman–Crippen MR) is 100 cm³/mol. The molecule has 3 N–H and O–H groups in total. The average molecular weight is 372 g/mol. The molecule has 27 heavy (non-hydrogen) atoms. The molecule has 0 saturated carbocycles. The fraction of sp³-hybridized carbons (Fsp3) is 0.421. The van der Waals surface area contributed by atoms with Crippen LogP contribution >= 0.6 is 0 Å². The largest absolute Gasteiger partial charge is 0.394 e. The smallest absolute Gasteiger partial charge is 0.252 e. The molecule has 8 nitrogen and oxygen atoms in total. The second kappa shape index (κ2) is 9.40. The predicted octanol–water partition coefficient (Wildman–Crippen LogP) is -0.226. The molecule has 0 bridgehead atoms. The second-order valence-corrected chi connectivity index (χ2v) is 6.33. The molecular formula is C19H24N4O4. The van der Waals surface area contributed by atoms with Crippen molar-refractivity contribution in [3.63, 3.8) is 0 Å². The van der Waals surface area contributed by atoms with Crippen molar-refractivity contribution in [1.82, 2.24) is 20.5 Å². The van der Waals surface area contributed by atoms with Crippen LogP contribution in [0.1, 0.15) is 10.4 Å². The summed E-state index contributed by atoms with van der Waals surface area (Å²) in [5.41, 5.74) is 1.11. The summed E-state index contributed by atoms with van der Waals surface area (Å²) in [6.07, 6.45) is 1.55. The lowest BCUT2D eigenvalue weighted by atomic mass is 10.1. The van der Waals surface area contributed by atoms with Gasteiger partial charge in [-0.2, -0.15) is 0 Å². The number of hydrogen-bond acceptors (Lipinski definition) is 6. The van der Waals surface area contributed by atoms with Crippen LogP contribution in [-0.4, -0.2) is 78.8 Å². The first kappa shape index (κ1) is 19.2. The highest BCUT2D eigenvalue weighted by molar-refractivity contribution is 6.07. The molecule has 2 aromatic rings. The molecule has 1 aromatic heterocycles. The van der Waals surface area contributed by atoms with Gasteiger partial charge >= 0.3 is 0 Å². The third-order valence-electron chi connectivity index (χ3n) is 4.53. The van der Waals surface area contributed by atoms with Gasteiger partial charge in [0.05, 0.1) is 30.9 Å². The Labute approximate surface area is 157 Å². The van der Waals surface area contributed by atoms with Gasteiger partial charge in [0.1, 0.15) is 6.04 Å². The van der Waals surface area contributed by atoms with E-state index in [0.29, 0.717) is 42.8 Å². The zero-order valence-corrected chi connectivity index (χ0v) is 15.1. The van der Waals surface area contributed by atoms with Crippen molar-refractivity contribution in [3.05, 3.63) is 42.1 Å². The van der Waals surface area contributed by atoms with Crippen molar-refractivity contribution >= 4 is 22.7 Å². The van der Waals surface area contributed by atoms with Gasteiger partial charge < -0.3 is 20.5 Å². The van der Waals surface area contributed by atoms with E-state index in [1.165, 1.54) is 0 Å². The number of hydrogen-bond donors (Lipinski definition) is 3.